The molecule has 6 rings (SSSR count). The summed E-state index contributed by atoms with van der Waals surface area (Å²) in [4.78, 5) is 71.7. The first-order valence-electron chi connectivity index (χ1n) is 18.5. The third kappa shape index (κ3) is 8.52. The van der Waals surface area contributed by atoms with Gasteiger partial charge in [-0.3, -0.25) is 28.8 Å². The highest BCUT2D eigenvalue weighted by Gasteiger charge is 2.62. The van der Waals surface area contributed by atoms with E-state index in [4.69, 9.17) is 4.74 Å². The zero-order chi connectivity index (χ0) is 38.3. The number of ketones is 1. The third-order valence-electron chi connectivity index (χ3n) is 11.0. The Hall–Kier alpha value is -4.07. The Morgan fingerprint density at radius 2 is 1.89 bits per heavy atom. The molecule has 2 aliphatic carbocycles. The minimum atomic E-state index is -3.95. The molecular weight excluding hydrogens is 708 g/mol. The molecule has 5 aliphatic rings. The van der Waals surface area contributed by atoms with E-state index in [2.05, 4.69) is 15.8 Å². The van der Waals surface area contributed by atoms with Crippen LogP contribution in [0.25, 0.3) is 0 Å². The summed E-state index contributed by atoms with van der Waals surface area (Å²) in [5.41, 5.74) is 1.72. The van der Waals surface area contributed by atoms with Crippen molar-refractivity contribution >= 4 is 39.6 Å². The van der Waals surface area contributed by atoms with E-state index in [0.29, 0.717) is 43.2 Å². The number of benzene rings is 1. The molecule has 3 heterocycles. The molecule has 288 valence electrons. The van der Waals surface area contributed by atoms with Crippen LogP contribution >= 0.6 is 0 Å². The molecule has 1 aromatic carbocycles. The maximum Gasteiger partial charge on any atom is 0.410 e. The molecule has 0 bridgehead atoms. The van der Waals surface area contributed by atoms with Crippen molar-refractivity contribution in [2.24, 2.45) is 17.3 Å². The molecule has 1 aromatic rings. The van der Waals surface area contributed by atoms with Crippen LogP contribution in [0.2, 0.25) is 0 Å². The number of carbonyl (C=O) groups is 5. The fraction of sp³-hybridized carbons (Fsp3) is 0.632. The van der Waals surface area contributed by atoms with Gasteiger partial charge in [-0.05, 0) is 67.7 Å². The summed E-state index contributed by atoms with van der Waals surface area (Å²) < 4.78 is 48.0. The number of fused-ring (bicyclic) bond motifs is 3. The van der Waals surface area contributed by atoms with Gasteiger partial charge in [-0.25, -0.2) is 17.6 Å². The topological polar surface area (TPSA) is 179 Å². The first-order valence-corrected chi connectivity index (χ1v) is 20.1. The molecule has 53 heavy (non-hydrogen) atoms. The minimum absolute atomic E-state index is 0.00877. The van der Waals surface area contributed by atoms with Crippen molar-refractivity contribution in [3.63, 3.8) is 0 Å². The number of nitrogens with one attached hydrogen (secondary N) is 2. The van der Waals surface area contributed by atoms with Gasteiger partial charge in [-0.2, -0.15) is 0 Å². The van der Waals surface area contributed by atoms with Crippen LogP contribution < -0.4 is 10.0 Å². The first kappa shape index (κ1) is 38.6. The van der Waals surface area contributed by atoms with Crippen LogP contribution in [0.5, 0.6) is 0 Å². The maximum absolute atomic E-state index is 14.5. The molecule has 6 atom stereocenters. The molecule has 3 aliphatic heterocycles. The van der Waals surface area contributed by atoms with Crippen molar-refractivity contribution in [1.82, 2.24) is 19.8 Å². The number of nitrogens with zero attached hydrogens (tertiary/aromatic N) is 2. The highest BCUT2D eigenvalue weighted by Crippen LogP contribution is 2.46. The van der Waals surface area contributed by atoms with Gasteiger partial charge in [0.15, 0.2) is 5.78 Å². The molecule has 1 saturated heterocycles. The van der Waals surface area contributed by atoms with Crippen LogP contribution in [0.15, 0.2) is 36.1 Å². The predicted molar refractivity (Wildman–Crippen MR) is 189 cm³/mol. The molecule has 0 spiro atoms. The van der Waals surface area contributed by atoms with Gasteiger partial charge >= 0.3 is 6.09 Å². The Balaban J connectivity index is 1.27. The number of hydrogen-bond acceptors (Lipinski definition) is 9. The second-order valence-corrected chi connectivity index (χ2v) is 18.2. The van der Waals surface area contributed by atoms with Crippen molar-refractivity contribution < 1.29 is 46.6 Å². The number of aliphatic hydroxyl groups is 1. The van der Waals surface area contributed by atoms with Gasteiger partial charge < -0.3 is 20.1 Å². The van der Waals surface area contributed by atoms with Crippen LogP contribution in [-0.4, -0.2) is 88.5 Å². The molecule has 15 heteroatoms. The maximum atomic E-state index is 14.5. The number of aliphatic hydroxyl groups excluding tert-OH is 1. The third-order valence-corrected chi connectivity index (χ3v) is 12.8. The molecular formula is C38H49FN4O9S. The SMILES string of the molecule is CC(C)(C)C(O)C(=O)C[C@H]1CCCCCC=C=C[C@@H]2C[C@@]2(C(=O)NS(=O)(=O)C2CC2)NC(=O)[C@@H]2C[C@@H](OC(=O)N3Cc4cccc(F)c4C3)CN2C1=O. The predicted octanol–water partition coefficient (Wildman–Crippen LogP) is 3.39. The number of halogens is 1. The fourth-order valence-electron chi connectivity index (χ4n) is 7.50. The summed E-state index contributed by atoms with van der Waals surface area (Å²) in [6.07, 6.45) is 4.05. The summed E-state index contributed by atoms with van der Waals surface area (Å²) >= 11 is 0. The van der Waals surface area contributed by atoms with Gasteiger partial charge in [0, 0.05) is 36.8 Å². The number of Topliss-reactive ketones (excluding diaryl/α,β-unsaturated/α-hetero) is 1. The van der Waals surface area contributed by atoms with E-state index in [0.717, 1.165) is 12.8 Å². The minimum Gasteiger partial charge on any atom is -0.444 e. The zero-order valence-electron chi connectivity index (χ0n) is 30.4. The summed E-state index contributed by atoms with van der Waals surface area (Å²) in [6, 6.07) is 3.36. The van der Waals surface area contributed by atoms with Crippen LogP contribution in [0.4, 0.5) is 9.18 Å². The van der Waals surface area contributed by atoms with Crippen LogP contribution in [-0.2, 0) is 47.0 Å². The van der Waals surface area contributed by atoms with Crippen LogP contribution in [0, 0.1) is 23.1 Å². The first-order chi connectivity index (χ1) is 25.0. The number of ether oxygens (including phenoxy) is 1. The Kier molecular flexibility index (Phi) is 10.9. The normalized spacial score (nSPS) is 28.4. The van der Waals surface area contributed by atoms with Crippen molar-refractivity contribution in [1.29, 1.82) is 0 Å². The smallest absolute Gasteiger partial charge is 0.410 e. The second kappa shape index (κ2) is 15.0. The average molecular weight is 757 g/mol. The van der Waals surface area contributed by atoms with Gasteiger partial charge in [-0.15, -0.1) is 5.73 Å². The molecule has 3 fully saturated rings. The standard InChI is InChI=1S/C38H49FN4O9S/c1-37(2,3)32(45)31(44)17-23-11-8-6-4-5-7-9-13-25-19-38(25,35(48)41-53(50,51)27-15-16-27)40-33(46)30-18-26(21-43(30)34(23)47)52-36(49)42-20-24-12-10-14-29(39)28(24)22-42/h7,10,12-14,23,25-27,30,32,45H,4-6,8,11,15-22H2,1-3H3,(H,40,46)(H,41,48)/t9?,23-,25-,26-,30+,32?,38-/m1/s1. The molecule has 1 unspecified atom stereocenters. The van der Waals surface area contributed by atoms with E-state index in [1.54, 1.807) is 39.0 Å². The summed E-state index contributed by atoms with van der Waals surface area (Å²) in [5, 5.41) is 12.9. The lowest BCUT2D eigenvalue weighted by molar-refractivity contribution is -0.145. The fourth-order valence-corrected chi connectivity index (χ4v) is 8.87. The largest absolute Gasteiger partial charge is 0.444 e. The summed E-state index contributed by atoms with van der Waals surface area (Å²) in [7, 11) is -3.95. The molecule has 4 amide bonds. The van der Waals surface area contributed by atoms with E-state index in [-0.39, 0.29) is 38.9 Å². The van der Waals surface area contributed by atoms with E-state index in [1.807, 2.05) is 6.08 Å². The highest BCUT2D eigenvalue weighted by molar-refractivity contribution is 7.91. The van der Waals surface area contributed by atoms with E-state index >= 15 is 0 Å². The van der Waals surface area contributed by atoms with Crippen molar-refractivity contribution in [3.05, 3.63) is 53.0 Å². The van der Waals surface area contributed by atoms with Gasteiger partial charge in [0.2, 0.25) is 21.8 Å². The van der Waals surface area contributed by atoms with E-state index in [1.165, 1.54) is 15.9 Å². The molecule has 0 radical (unpaired) electrons. The van der Waals surface area contributed by atoms with Gasteiger partial charge in [0.1, 0.15) is 29.6 Å². The number of rotatable bonds is 7. The van der Waals surface area contributed by atoms with E-state index in [9.17, 15) is 41.9 Å². The average Bonchev–Trinajstić information content (AvgIpc) is 3.98. The molecule has 0 aromatic heterocycles. The lowest BCUT2D eigenvalue weighted by Gasteiger charge is -2.31. The quantitative estimate of drug-likeness (QED) is 0.352. The Labute approximate surface area is 309 Å². The number of sulfonamides is 1. The van der Waals surface area contributed by atoms with E-state index < -0.39 is 91.7 Å². The monoisotopic (exact) mass is 756 g/mol. The van der Waals surface area contributed by atoms with Crippen LogP contribution in [0.1, 0.15) is 96.1 Å². The lowest BCUT2D eigenvalue weighted by Crippen LogP contribution is -2.57. The van der Waals surface area contributed by atoms with Gasteiger partial charge in [0.05, 0.1) is 18.3 Å². The Morgan fingerprint density at radius 3 is 2.58 bits per heavy atom. The number of amides is 4. The summed E-state index contributed by atoms with van der Waals surface area (Å²) in [5.74, 6) is -4.53. The van der Waals surface area contributed by atoms with Gasteiger partial charge in [0.25, 0.3) is 5.91 Å². The number of hydrogen-bond donors (Lipinski definition) is 3. The Morgan fingerprint density at radius 1 is 1.13 bits per heavy atom. The second-order valence-electron chi connectivity index (χ2n) is 16.2. The lowest BCUT2D eigenvalue weighted by atomic mass is 9.82. The number of carbonyl (C=O) groups excluding carboxylic acids is 5. The van der Waals surface area contributed by atoms with Crippen molar-refractivity contribution in [2.45, 2.75) is 127 Å². The van der Waals surface area contributed by atoms with Crippen LogP contribution in [0.3, 0.4) is 0 Å². The zero-order valence-corrected chi connectivity index (χ0v) is 31.3. The van der Waals surface area contributed by atoms with Crippen molar-refractivity contribution in [3.8, 4) is 0 Å². The molecule has 3 N–H and O–H groups in total. The van der Waals surface area contributed by atoms with Gasteiger partial charge in [-0.1, -0.05) is 45.7 Å². The summed E-state index contributed by atoms with van der Waals surface area (Å²) in [6.45, 7) is 5.09. The molecule has 13 nitrogen and oxygen atoms in total. The van der Waals surface area contributed by atoms with Crippen molar-refractivity contribution in [2.75, 3.05) is 6.54 Å². The molecule has 2 saturated carbocycles. The Bertz CT molecular complexity index is 1830. The highest BCUT2D eigenvalue weighted by atomic mass is 32.2.